The molecular weight excluding hydrogens is 454 g/mol. The molecule has 0 bridgehead atoms. The van der Waals surface area contributed by atoms with E-state index in [2.05, 4.69) is 15.1 Å². The van der Waals surface area contributed by atoms with E-state index in [1.165, 1.54) is 24.5 Å². The molecule has 1 aromatic carbocycles. The molecule has 1 aliphatic rings. The van der Waals surface area contributed by atoms with Gasteiger partial charge in [0.25, 0.3) is 5.72 Å². The topological polar surface area (TPSA) is 74.8 Å². The van der Waals surface area contributed by atoms with E-state index in [4.69, 9.17) is 4.42 Å². The van der Waals surface area contributed by atoms with Gasteiger partial charge in [-0.1, -0.05) is 12.1 Å². The quantitative estimate of drug-likeness (QED) is 0.530. The van der Waals surface area contributed by atoms with Crippen LogP contribution in [0, 0.1) is 13.8 Å². The first-order chi connectivity index (χ1) is 15.3. The fourth-order valence-corrected chi connectivity index (χ4v) is 3.28. The van der Waals surface area contributed by atoms with Crippen molar-refractivity contribution in [2.75, 3.05) is 5.01 Å². The van der Waals surface area contributed by atoms with Crippen molar-refractivity contribution in [2.24, 2.45) is 5.10 Å². The molecule has 1 N–H and O–H groups in total. The van der Waals surface area contributed by atoms with Gasteiger partial charge in [0.1, 0.15) is 5.69 Å². The summed E-state index contributed by atoms with van der Waals surface area (Å²) in [5.41, 5.74) is -3.86. The maximum absolute atomic E-state index is 14.0. The number of hydrogen-bond donors (Lipinski definition) is 1. The van der Waals surface area contributed by atoms with Crippen molar-refractivity contribution >= 4 is 11.7 Å². The van der Waals surface area contributed by atoms with Crippen LogP contribution in [0.2, 0.25) is 0 Å². The van der Waals surface area contributed by atoms with Crippen LogP contribution in [0.5, 0.6) is 0 Å². The van der Waals surface area contributed by atoms with Gasteiger partial charge in [-0.05, 0) is 54.8 Å². The third-order valence-corrected chi connectivity index (χ3v) is 5.25. The zero-order valence-electron chi connectivity index (χ0n) is 17.2. The first-order valence-electron chi connectivity index (χ1n) is 9.54. The van der Waals surface area contributed by atoms with Crippen LogP contribution in [0.25, 0.3) is 11.5 Å². The highest BCUT2D eigenvalue weighted by Gasteiger charge is 2.63. The fraction of sp³-hybridized carbons (Fsp3) is 0.286. The van der Waals surface area contributed by atoms with Crippen LogP contribution in [-0.4, -0.2) is 32.7 Å². The van der Waals surface area contributed by atoms with E-state index in [-0.39, 0.29) is 22.0 Å². The van der Waals surface area contributed by atoms with Crippen LogP contribution in [0.4, 0.5) is 32.3 Å². The van der Waals surface area contributed by atoms with Crippen molar-refractivity contribution in [3.8, 4) is 11.5 Å². The standard InChI is InChI=1S/C21H16F6N4O2/c1-11-5-6-13(8-12(11)2)15-10-19(32,21(25,26)27)31(30-15)18-28-14(16-4-3-7-33-16)9-17(29-18)20(22,23)24/h3-9,32H,10H2,1-2H3/t19-/m1/s1. The van der Waals surface area contributed by atoms with Crippen LogP contribution in [0.1, 0.15) is 28.8 Å². The summed E-state index contributed by atoms with van der Waals surface area (Å²) in [6.45, 7) is 3.55. The molecule has 1 aliphatic heterocycles. The van der Waals surface area contributed by atoms with E-state index in [1.54, 1.807) is 26.0 Å². The number of benzene rings is 1. The lowest BCUT2D eigenvalue weighted by Gasteiger charge is -2.32. The number of anilines is 1. The lowest BCUT2D eigenvalue weighted by molar-refractivity contribution is -0.254. The Morgan fingerprint density at radius 1 is 1.00 bits per heavy atom. The number of aliphatic hydroxyl groups is 1. The Morgan fingerprint density at radius 2 is 1.73 bits per heavy atom. The van der Waals surface area contributed by atoms with Gasteiger partial charge in [0.2, 0.25) is 5.95 Å². The molecule has 6 nitrogen and oxygen atoms in total. The lowest BCUT2D eigenvalue weighted by Crippen LogP contribution is -2.55. The Labute approximate surface area is 183 Å². The number of aromatic nitrogens is 2. The summed E-state index contributed by atoms with van der Waals surface area (Å²) >= 11 is 0. The second-order valence-electron chi connectivity index (χ2n) is 7.56. The first kappa shape index (κ1) is 22.8. The Hall–Kier alpha value is -3.41. The molecule has 0 radical (unpaired) electrons. The molecule has 3 heterocycles. The van der Waals surface area contributed by atoms with Crippen molar-refractivity contribution in [3.63, 3.8) is 0 Å². The van der Waals surface area contributed by atoms with Gasteiger partial charge in [-0.15, -0.1) is 0 Å². The Kier molecular flexibility index (Phi) is 5.23. The average Bonchev–Trinajstić information content (AvgIpc) is 3.37. The number of alkyl halides is 6. The number of furan rings is 1. The lowest BCUT2D eigenvalue weighted by atomic mass is 9.98. The predicted molar refractivity (Wildman–Crippen MR) is 105 cm³/mol. The molecule has 0 spiro atoms. The summed E-state index contributed by atoms with van der Waals surface area (Å²) in [7, 11) is 0. The molecule has 0 unspecified atom stereocenters. The highest BCUT2D eigenvalue weighted by atomic mass is 19.4. The molecule has 33 heavy (non-hydrogen) atoms. The van der Waals surface area contributed by atoms with Gasteiger partial charge in [0.15, 0.2) is 11.5 Å². The maximum Gasteiger partial charge on any atom is 0.438 e. The number of rotatable bonds is 3. The predicted octanol–water partition coefficient (Wildman–Crippen LogP) is 5.24. The van der Waals surface area contributed by atoms with Crippen molar-refractivity contribution in [1.29, 1.82) is 0 Å². The number of hydrogen-bond acceptors (Lipinski definition) is 6. The van der Waals surface area contributed by atoms with Crippen LogP contribution in [-0.2, 0) is 6.18 Å². The Morgan fingerprint density at radius 3 is 2.30 bits per heavy atom. The number of nitrogens with zero attached hydrogens (tertiary/aromatic N) is 4. The molecule has 1 atom stereocenters. The Bertz CT molecular complexity index is 1220. The summed E-state index contributed by atoms with van der Waals surface area (Å²) in [5, 5.41) is 14.4. The van der Waals surface area contributed by atoms with E-state index < -0.39 is 41.8 Å². The van der Waals surface area contributed by atoms with Crippen LogP contribution < -0.4 is 5.01 Å². The minimum atomic E-state index is -5.29. The largest absolute Gasteiger partial charge is 0.463 e. The van der Waals surface area contributed by atoms with Gasteiger partial charge < -0.3 is 9.52 Å². The van der Waals surface area contributed by atoms with E-state index >= 15 is 0 Å². The summed E-state index contributed by atoms with van der Waals surface area (Å²) in [4.78, 5) is 7.04. The molecule has 0 fully saturated rings. The second kappa shape index (κ2) is 7.58. The number of hydrazone groups is 1. The van der Waals surface area contributed by atoms with Crippen LogP contribution in [0.15, 0.2) is 52.2 Å². The fourth-order valence-electron chi connectivity index (χ4n) is 3.28. The minimum absolute atomic E-state index is 0.0147. The first-order valence-corrected chi connectivity index (χ1v) is 9.54. The molecule has 2 aromatic heterocycles. The van der Waals surface area contributed by atoms with Gasteiger partial charge in [-0.2, -0.15) is 36.5 Å². The average molecular weight is 470 g/mol. The summed E-state index contributed by atoms with van der Waals surface area (Å²) in [5.74, 6) is -1.20. The van der Waals surface area contributed by atoms with E-state index in [0.717, 1.165) is 11.1 Å². The molecule has 12 heteroatoms. The normalized spacial score (nSPS) is 19.2. The van der Waals surface area contributed by atoms with Gasteiger partial charge >= 0.3 is 12.4 Å². The zero-order chi connectivity index (χ0) is 24.2. The van der Waals surface area contributed by atoms with Crippen molar-refractivity contribution in [1.82, 2.24) is 9.97 Å². The van der Waals surface area contributed by atoms with Crippen molar-refractivity contribution in [2.45, 2.75) is 38.3 Å². The summed E-state index contributed by atoms with van der Waals surface area (Å²) in [6, 6.07) is 7.97. The van der Waals surface area contributed by atoms with Crippen molar-refractivity contribution < 1.29 is 35.9 Å². The van der Waals surface area contributed by atoms with Gasteiger partial charge in [0, 0.05) is 0 Å². The Balaban J connectivity index is 1.90. The highest BCUT2D eigenvalue weighted by molar-refractivity contribution is 6.03. The SMILES string of the molecule is Cc1ccc(C2=NN(c3nc(-c4ccco4)cc(C(F)(F)F)n3)[C@](O)(C(F)(F)F)C2)cc1C. The third-order valence-electron chi connectivity index (χ3n) is 5.25. The number of aryl methyl sites for hydroxylation is 2. The number of halogens is 6. The third kappa shape index (κ3) is 4.06. The zero-order valence-corrected chi connectivity index (χ0v) is 17.2. The second-order valence-corrected chi connectivity index (χ2v) is 7.56. The highest BCUT2D eigenvalue weighted by Crippen LogP contribution is 2.44. The van der Waals surface area contributed by atoms with E-state index in [0.29, 0.717) is 6.07 Å². The molecule has 0 amide bonds. The van der Waals surface area contributed by atoms with Gasteiger partial charge in [-0.3, -0.25) is 0 Å². The van der Waals surface area contributed by atoms with Gasteiger partial charge in [0.05, 0.1) is 18.4 Å². The van der Waals surface area contributed by atoms with E-state index in [9.17, 15) is 31.4 Å². The van der Waals surface area contributed by atoms with Crippen LogP contribution in [0.3, 0.4) is 0 Å². The maximum atomic E-state index is 14.0. The summed E-state index contributed by atoms with van der Waals surface area (Å²) < 4.78 is 87.3. The monoisotopic (exact) mass is 470 g/mol. The molecular formula is C21H16F6N4O2. The van der Waals surface area contributed by atoms with E-state index in [1.807, 2.05) is 0 Å². The minimum Gasteiger partial charge on any atom is -0.463 e. The molecule has 174 valence electrons. The molecule has 0 saturated carbocycles. The van der Waals surface area contributed by atoms with Crippen molar-refractivity contribution in [3.05, 3.63) is 65.0 Å². The van der Waals surface area contributed by atoms with Crippen LogP contribution >= 0.6 is 0 Å². The summed E-state index contributed by atoms with van der Waals surface area (Å²) in [6.07, 6.45) is -10.2. The molecule has 3 aromatic rings. The van der Waals surface area contributed by atoms with Gasteiger partial charge in [-0.25, -0.2) is 9.97 Å². The molecule has 0 aliphatic carbocycles. The smallest absolute Gasteiger partial charge is 0.438 e. The molecule has 0 saturated heterocycles. The molecule has 4 rings (SSSR count).